The molecule has 1 aromatic carbocycles. The Morgan fingerprint density at radius 3 is 2.70 bits per heavy atom. The second-order valence-electron chi connectivity index (χ2n) is 5.74. The number of para-hydroxylation sites is 1. The first-order valence-corrected chi connectivity index (χ1v) is 7.42. The minimum Gasteiger partial charge on any atom is -0.464 e. The number of ether oxygens (including phenoxy) is 1. The van der Waals surface area contributed by atoms with Gasteiger partial charge >= 0.3 is 5.97 Å². The van der Waals surface area contributed by atoms with Crippen LogP contribution in [0.4, 0.5) is 0 Å². The maximum atomic E-state index is 12.1. The summed E-state index contributed by atoms with van der Waals surface area (Å²) in [5.41, 5.74) is 4.09. The molecule has 0 radical (unpaired) electrons. The fraction of sp³-hybridized carbons (Fsp3) is 0.471. The monoisotopic (exact) mass is 271 g/mol. The van der Waals surface area contributed by atoms with Gasteiger partial charge in [0, 0.05) is 10.9 Å². The molecule has 3 rings (SSSR count). The number of fused-ring (bicyclic) bond motifs is 1. The molecule has 3 heteroatoms. The largest absolute Gasteiger partial charge is 0.464 e. The maximum absolute atomic E-state index is 12.1. The van der Waals surface area contributed by atoms with E-state index >= 15 is 0 Å². The van der Waals surface area contributed by atoms with Gasteiger partial charge in [-0.05, 0) is 36.8 Å². The summed E-state index contributed by atoms with van der Waals surface area (Å²) in [7, 11) is 1.45. The van der Waals surface area contributed by atoms with Crippen molar-refractivity contribution in [2.45, 2.75) is 44.9 Å². The number of aryl methyl sites for hydroxylation is 1. The minimum absolute atomic E-state index is 0.249. The molecule has 20 heavy (non-hydrogen) atoms. The molecule has 0 amide bonds. The maximum Gasteiger partial charge on any atom is 0.354 e. The summed E-state index contributed by atoms with van der Waals surface area (Å²) >= 11 is 0. The van der Waals surface area contributed by atoms with Crippen LogP contribution in [0.25, 0.3) is 10.9 Å². The van der Waals surface area contributed by atoms with Crippen molar-refractivity contribution >= 4 is 16.9 Å². The number of aromatic nitrogens is 1. The quantitative estimate of drug-likeness (QED) is 0.827. The van der Waals surface area contributed by atoms with Gasteiger partial charge in [0.15, 0.2) is 0 Å². The second kappa shape index (κ2) is 5.31. The highest BCUT2D eigenvalue weighted by Crippen LogP contribution is 2.39. The van der Waals surface area contributed by atoms with Crippen molar-refractivity contribution in [3.63, 3.8) is 0 Å². The first-order valence-electron chi connectivity index (χ1n) is 7.42. The van der Waals surface area contributed by atoms with Crippen molar-refractivity contribution in [2.24, 2.45) is 0 Å². The normalized spacial score (nSPS) is 16.5. The molecule has 1 aliphatic rings. The Labute approximate surface area is 119 Å². The smallest absolute Gasteiger partial charge is 0.354 e. The summed E-state index contributed by atoms with van der Waals surface area (Å²) in [6, 6.07) is 6.26. The molecule has 0 spiro atoms. The molecule has 1 aromatic heterocycles. The van der Waals surface area contributed by atoms with E-state index in [0.717, 1.165) is 5.52 Å². The van der Waals surface area contributed by atoms with E-state index in [1.165, 1.54) is 55.7 Å². The van der Waals surface area contributed by atoms with E-state index in [2.05, 4.69) is 30.1 Å². The number of methoxy groups -OCH3 is 1. The molecule has 1 saturated carbocycles. The third-order valence-electron chi connectivity index (χ3n) is 4.49. The van der Waals surface area contributed by atoms with Crippen LogP contribution in [0.3, 0.4) is 0 Å². The molecule has 1 heterocycles. The van der Waals surface area contributed by atoms with Gasteiger partial charge in [-0.2, -0.15) is 0 Å². The van der Waals surface area contributed by atoms with Gasteiger partial charge < -0.3 is 9.72 Å². The number of hydrogen-bond acceptors (Lipinski definition) is 2. The lowest BCUT2D eigenvalue weighted by molar-refractivity contribution is 0.0593. The summed E-state index contributed by atoms with van der Waals surface area (Å²) in [4.78, 5) is 15.4. The molecule has 3 nitrogen and oxygen atoms in total. The standard InChI is InChI=1S/C17H21NO2/c1-11-7-6-10-13-14(12-8-4-3-5-9-12)16(17(19)20-2)18-15(11)13/h6-7,10,12,18H,3-5,8-9H2,1-2H3. The molecule has 0 saturated heterocycles. The van der Waals surface area contributed by atoms with E-state index in [9.17, 15) is 4.79 Å². The summed E-state index contributed by atoms with van der Waals surface area (Å²) in [5.74, 6) is 0.231. The molecule has 1 fully saturated rings. The van der Waals surface area contributed by atoms with Crippen LogP contribution in [0.2, 0.25) is 0 Å². The average Bonchev–Trinajstić information content (AvgIpc) is 2.88. The highest BCUT2D eigenvalue weighted by Gasteiger charge is 2.26. The Bertz CT molecular complexity index is 636. The first kappa shape index (κ1) is 13.2. The van der Waals surface area contributed by atoms with Crippen molar-refractivity contribution in [3.8, 4) is 0 Å². The molecule has 106 valence electrons. The predicted octanol–water partition coefficient (Wildman–Crippen LogP) is 4.31. The third kappa shape index (κ3) is 2.11. The van der Waals surface area contributed by atoms with E-state index in [4.69, 9.17) is 4.74 Å². The zero-order valence-corrected chi connectivity index (χ0v) is 12.2. The lowest BCUT2D eigenvalue weighted by Crippen LogP contribution is -2.11. The highest BCUT2D eigenvalue weighted by molar-refractivity contribution is 5.99. The van der Waals surface area contributed by atoms with Gasteiger partial charge in [0.1, 0.15) is 5.69 Å². The van der Waals surface area contributed by atoms with Crippen LogP contribution in [0, 0.1) is 6.92 Å². The Kier molecular flexibility index (Phi) is 3.51. The Morgan fingerprint density at radius 2 is 2.00 bits per heavy atom. The van der Waals surface area contributed by atoms with Crippen molar-refractivity contribution in [1.29, 1.82) is 0 Å². The number of nitrogens with one attached hydrogen (secondary N) is 1. The van der Waals surface area contributed by atoms with Crippen molar-refractivity contribution in [2.75, 3.05) is 7.11 Å². The highest BCUT2D eigenvalue weighted by atomic mass is 16.5. The average molecular weight is 271 g/mol. The van der Waals surface area contributed by atoms with Crippen LogP contribution in [-0.2, 0) is 4.74 Å². The molecule has 0 aliphatic heterocycles. The van der Waals surface area contributed by atoms with Crippen LogP contribution in [0.5, 0.6) is 0 Å². The van der Waals surface area contributed by atoms with E-state index in [1.54, 1.807) is 0 Å². The molecule has 1 N–H and O–H groups in total. The molecule has 0 bridgehead atoms. The number of benzene rings is 1. The van der Waals surface area contributed by atoms with E-state index in [-0.39, 0.29) is 5.97 Å². The number of carbonyl (C=O) groups excluding carboxylic acids is 1. The fourth-order valence-electron chi connectivity index (χ4n) is 3.46. The molecule has 2 aromatic rings. The van der Waals surface area contributed by atoms with Gasteiger partial charge in [-0.15, -0.1) is 0 Å². The number of H-pyrrole nitrogens is 1. The van der Waals surface area contributed by atoms with E-state index in [1.807, 2.05) is 0 Å². The van der Waals surface area contributed by atoms with Crippen LogP contribution >= 0.6 is 0 Å². The Balaban J connectivity index is 2.20. The predicted molar refractivity (Wildman–Crippen MR) is 80.2 cm³/mol. The Morgan fingerprint density at radius 1 is 1.25 bits per heavy atom. The van der Waals surface area contributed by atoms with E-state index < -0.39 is 0 Å². The number of aromatic amines is 1. The molecule has 1 aliphatic carbocycles. The van der Waals surface area contributed by atoms with Gasteiger partial charge in [-0.25, -0.2) is 4.79 Å². The van der Waals surface area contributed by atoms with Crippen molar-refractivity contribution in [3.05, 3.63) is 35.0 Å². The summed E-state index contributed by atoms with van der Waals surface area (Å²) < 4.78 is 4.97. The summed E-state index contributed by atoms with van der Waals surface area (Å²) in [5, 5.41) is 1.19. The second-order valence-corrected chi connectivity index (χ2v) is 5.74. The minimum atomic E-state index is -0.249. The van der Waals surface area contributed by atoms with Crippen molar-refractivity contribution < 1.29 is 9.53 Å². The number of carbonyl (C=O) groups is 1. The van der Waals surface area contributed by atoms with E-state index in [0.29, 0.717) is 11.6 Å². The van der Waals surface area contributed by atoms with Crippen LogP contribution < -0.4 is 0 Å². The first-order chi connectivity index (χ1) is 9.72. The lowest BCUT2D eigenvalue weighted by Gasteiger charge is -2.22. The summed E-state index contributed by atoms with van der Waals surface area (Å²) in [6.07, 6.45) is 6.16. The molecular weight excluding hydrogens is 250 g/mol. The van der Waals surface area contributed by atoms with Crippen LogP contribution in [0.15, 0.2) is 18.2 Å². The van der Waals surface area contributed by atoms with Gasteiger partial charge in [-0.3, -0.25) is 0 Å². The Hall–Kier alpha value is -1.77. The third-order valence-corrected chi connectivity index (χ3v) is 4.49. The topological polar surface area (TPSA) is 42.1 Å². The molecular formula is C17H21NO2. The number of hydrogen-bond donors (Lipinski definition) is 1. The SMILES string of the molecule is COC(=O)c1[nH]c2c(C)cccc2c1C1CCCCC1. The summed E-state index contributed by atoms with van der Waals surface area (Å²) in [6.45, 7) is 2.07. The lowest BCUT2D eigenvalue weighted by atomic mass is 9.82. The number of rotatable bonds is 2. The van der Waals surface area contributed by atoms with Gasteiger partial charge in [0.05, 0.1) is 7.11 Å². The van der Waals surface area contributed by atoms with Crippen molar-refractivity contribution in [1.82, 2.24) is 4.98 Å². The van der Waals surface area contributed by atoms with Crippen LogP contribution in [0.1, 0.15) is 59.6 Å². The van der Waals surface area contributed by atoms with Gasteiger partial charge in [-0.1, -0.05) is 37.5 Å². The fourth-order valence-corrected chi connectivity index (χ4v) is 3.46. The number of esters is 1. The zero-order chi connectivity index (χ0) is 14.1. The molecule has 0 atom stereocenters. The van der Waals surface area contributed by atoms with Gasteiger partial charge in [0.25, 0.3) is 0 Å². The van der Waals surface area contributed by atoms with Crippen LogP contribution in [-0.4, -0.2) is 18.1 Å². The molecule has 0 unspecified atom stereocenters. The van der Waals surface area contributed by atoms with Gasteiger partial charge in [0.2, 0.25) is 0 Å². The zero-order valence-electron chi connectivity index (χ0n) is 12.2.